The lowest BCUT2D eigenvalue weighted by Crippen LogP contribution is -2.54. The van der Waals surface area contributed by atoms with Crippen LogP contribution in [0.2, 0.25) is 0 Å². The predicted octanol–water partition coefficient (Wildman–Crippen LogP) is 9.05. The molecular weight excluding hydrogens is 917 g/mol. The SMILES string of the molecule is CC[C@H](C)[C@@H]([C@@H](CC(=O)N1CCC[C@H]1[C@H](OC)[C@@H](C)C(=O)C[C@H](C)[C@@H](O)c1ccccc1)OC)N(C)C(=O)[C@@H](CC(=O)[C@H](C(C)C)N(C)C(=O)OCC(C)(C)SSc1nc2ccncc2[nH]1)C(C)C. The molecule has 3 amide bonds. The number of Topliss-reactive ketones (excluding diaryl/α,β-unsaturated/α-hetero) is 2. The van der Waals surface area contributed by atoms with Crippen molar-refractivity contribution in [2.24, 2.45) is 35.5 Å². The molecular formula is C52H80N6O9S2. The molecule has 2 aromatic heterocycles. The molecule has 0 aliphatic carbocycles. The van der Waals surface area contributed by atoms with Crippen LogP contribution in [0, 0.1) is 35.5 Å². The fourth-order valence-electron chi connectivity index (χ4n) is 9.68. The molecule has 0 radical (unpaired) electrons. The maximum absolute atomic E-state index is 14.7. The Hall–Kier alpha value is -4.03. The largest absolute Gasteiger partial charge is 0.448 e. The number of fused-ring (bicyclic) bond motifs is 1. The van der Waals surface area contributed by atoms with Crippen LogP contribution in [0.5, 0.6) is 0 Å². The predicted molar refractivity (Wildman–Crippen MR) is 273 cm³/mol. The van der Waals surface area contributed by atoms with E-state index < -0.39 is 53.1 Å². The smallest absolute Gasteiger partial charge is 0.410 e. The molecule has 0 unspecified atom stereocenters. The van der Waals surface area contributed by atoms with E-state index in [1.54, 1.807) is 45.6 Å². The van der Waals surface area contributed by atoms with Crippen LogP contribution in [0.1, 0.15) is 119 Å². The van der Waals surface area contributed by atoms with E-state index >= 15 is 0 Å². The van der Waals surface area contributed by atoms with Gasteiger partial charge in [-0.3, -0.25) is 24.2 Å². The summed E-state index contributed by atoms with van der Waals surface area (Å²) in [6.07, 6.45) is 2.94. The Bertz CT molecular complexity index is 2110. The van der Waals surface area contributed by atoms with Gasteiger partial charge in [-0.1, -0.05) is 103 Å². The summed E-state index contributed by atoms with van der Waals surface area (Å²) < 4.78 is 17.4. The molecule has 384 valence electrons. The number of nitrogens with zero attached hydrogens (tertiary/aromatic N) is 5. The van der Waals surface area contributed by atoms with Gasteiger partial charge in [0.05, 0.1) is 64.8 Å². The Labute approximate surface area is 418 Å². The normalized spacial score (nSPS) is 18.3. The Morgan fingerprint density at radius 1 is 0.899 bits per heavy atom. The maximum atomic E-state index is 14.7. The molecule has 3 heterocycles. The Balaban J connectivity index is 1.42. The molecule has 0 spiro atoms. The number of imidazole rings is 1. The summed E-state index contributed by atoms with van der Waals surface area (Å²) in [5, 5.41) is 11.7. The number of methoxy groups -OCH3 is 2. The monoisotopic (exact) mass is 997 g/mol. The minimum Gasteiger partial charge on any atom is -0.448 e. The number of likely N-dealkylation sites (N-methyl/N-ethyl adjacent to an activating group) is 2. The number of rotatable bonds is 27. The lowest BCUT2D eigenvalue weighted by atomic mass is 9.83. The lowest BCUT2D eigenvalue weighted by Gasteiger charge is -2.41. The standard InChI is InChI=1S/C52H80N6O9S2/c1-15-33(6)46(43(65-13)28-44(61)58-25-19-22-40(58)48(66-14)35(8)41(59)26-34(7)47(62)36-20-17-16-18-21-36)56(11)49(63)37(31(2)3)27-42(60)45(32(4)5)57(12)51(64)67-30-52(9,10)69-68-50-54-38-23-24-53-29-39(38)55-50/h16-18,20-21,23-24,29,31-35,37,40,43,45-48,62H,15,19,22,25-28,30H2,1-14H3,(H,54,55)/t33-,34-,35-,37-,40-,43+,45-,46-,47+,48+/m0/s1. The van der Waals surface area contributed by atoms with E-state index in [0.29, 0.717) is 24.5 Å². The molecule has 1 saturated heterocycles. The van der Waals surface area contributed by atoms with Gasteiger partial charge in [-0.25, -0.2) is 9.78 Å². The highest BCUT2D eigenvalue weighted by Gasteiger charge is 2.44. The molecule has 10 atom stereocenters. The average Bonchev–Trinajstić information content (AvgIpc) is 3.99. The third kappa shape index (κ3) is 15.2. The zero-order valence-electron chi connectivity index (χ0n) is 43.5. The van der Waals surface area contributed by atoms with Gasteiger partial charge in [0, 0.05) is 65.7 Å². The number of nitrogens with one attached hydrogen (secondary N) is 1. The van der Waals surface area contributed by atoms with Gasteiger partial charge in [0.15, 0.2) is 10.9 Å². The van der Waals surface area contributed by atoms with E-state index in [2.05, 4.69) is 15.0 Å². The van der Waals surface area contributed by atoms with Gasteiger partial charge in [-0.15, -0.1) is 0 Å². The van der Waals surface area contributed by atoms with Gasteiger partial charge >= 0.3 is 6.09 Å². The number of hydrogen-bond acceptors (Lipinski definition) is 13. The van der Waals surface area contributed by atoms with Gasteiger partial charge in [0.1, 0.15) is 12.4 Å². The number of carbonyl (C=O) groups is 5. The van der Waals surface area contributed by atoms with E-state index in [9.17, 15) is 29.1 Å². The molecule has 2 N–H and O–H groups in total. The molecule has 15 nitrogen and oxygen atoms in total. The fraction of sp³-hybridized carbons (Fsp3) is 0.673. The van der Waals surface area contributed by atoms with Crippen molar-refractivity contribution in [3.05, 3.63) is 54.4 Å². The maximum Gasteiger partial charge on any atom is 0.410 e. The van der Waals surface area contributed by atoms with E-state index in [1.807, 2.05) is 111 Å². The molecule has 69 heavy (non-hydrogen) atoms. The average molecular weight is 997 g/mol. The quantitative estimate of drug-likeness (QED) is 0.0691. The number of carbonyl (C=O) groups excluding carboxylic acids is 5. The first-order valence-electron chi connectivity index (χ1n) is 24.5. The molecule has 1 aromatic carbocycles. The highest BCUT2D eigenvalue weighted by atomic mass is 33.1. The Kier molecular flexibility index (Phi) is 22.0. The van der Waals surface area contributed by atoms with Crippen molar-refractivity contribution in [2.75, 3.05) is 41.5 Å². The topological polar surface area (TPSA) is 185 Å². The van der Waals surface area contributed by atoms with Crippen molar-refractivity contribution in [3.8, 4) is 0 Å². The zero-order valence-corrected chi connectivity index (χ0v) is 45.1. The van der Waals surface area contributed by atoms with Gasteiger partial charge in [0.25, 0.3) is 0 Å². The Morgan fingerprint density at radius 2 is 1.58 bits per heavy atom. The molecule has 1 aliphatic heterocycles. The number of amides is 3. The summed E-state index contributed by atoms with van der Waals surface area (Å²) in [4.78, 5) is 87.6. The summed E-state index contributed by atoms with van der Waals surface area (Å²) in [5.74, 6) is -2.79. The zero-order chi connectivity index (χ0) is 51.3. The number of ketones is 2. The number of H-pyrrole nitrogens is 1. The summed E-state index contributed by atoms with van der Waals surface area (Å²) in [7, 11) is 9.37. The van der Waals surface area contributed by atoms with Crippen LogP contribution in [0.4, 0.5) is 4.79 Å². The molecule has 17 heteroatoms. The number of aliphatic hydroxyl groups is 1. The number of ether oxygens (including phenoxy) is 3. The van der Waals surface area contributed by atoms with Crippen molar-refractivity contribution in [1.29, 1.82) is 0 Å². The molecule has 0 bridgehead atoms. The van der Waals surface area contributed by atoms with E-state index in [4.69, 9.17) is 14.2 Å². The minimum absolute atomic E-state index is 0.00207. The number of benzene rings is 1. The van der Waals surface area contributed by atoms with Gasteiger partial charge in [-0.05, 0) is 72.8 Å². The second-order valence-corrected chi connectivity index (χ2v) is 23.2. The number of aromatic nitrogens is 3. The van der Waals surface area contributed by atoms with Gasteiger partial charge in [0.2, 0.25) is 11.8 Å². The van der Waals surface area contributed by atoms with Crippen LogP contribution in [0.15, 0.2) is 53.9 Å². The van der Waals surface area contributed by atoms with Crippen molar-refractivity contribution in [3.63, 3.8) is 0 Å². The molecule has 1 aliphatic rings. The van der Waals surface area contributed by atoms with E-state index in [-0.39, 0.29) is 79.0 Å². The van der Waals surface area contributed by atoms with Crippen LogP contribution in [0.25, 0.3) is 11.0 Å². The summed E-state index contributed by atoms with van der Waals surface area (Å²) in [6.45, 7) is 19.9. The number of aliphatic hydroxyl groups excluding tert-OH is 1. The number of aromatic amines is 1. The van der Waals surface area contributed by atoms with Crippen LogP contribution in [-0.2, 0) is 33.4 Å². The third-order valence-electron chi connectivity index (χ3n) is 13.9. The van der Waals surface area contributed by atoms with E-state index in [1.165, 1.54) is 26.5 Å². The highest BCUT2D eigenvalue weighted by Crippen LogP contribution is 2.40. The molecule has 3 aromatic rings. The highest BCUT2D eigenvalue weighted by molar-refractivity contribution is 8.77. The first-order valence-corrected chi connectivity index (χ1v) is 26.7. The van der Waals surface area contributed by atoms with Gasteiger partial charge in [-0.2, -0.15) is 0 Å². The summed E-state index contributed by atoms with van der Waals surface area (Å²) in [5.41, 5.74) is 2.40. The third-order valence-corrected chi connectivity index (χ3v) is 17.0. The van der Waals surface area contributed by atoms with Crippen molar-refractivity contribution in [2.45, 2.75) is 154 Å². The van der Waals surface area contributed by atoms with Crippen molar-refractivity contribution < 1.29 is 43.3 Å². The van der Waals surface area contributed by atoms with Crippen LogP contribution in [0.3, 0.4) is 0 Å². The van der Waals surface area contributed by atoms with Crippen LogP contribution >= 0.6 is 21.6 Å². The van der Waals surface area contributed by atoms with Crippen molar-refractivity contribution >= 4 is 62.1 Å². The second kappa shape index (κ2) is 26.4. The van der Waals surface area contributed by atoms with Gasteiger partial charge < -0.3 is 39.0 Å². The summed E-state index contributed by atoms with van der Waals surface area (Å²) in [6, 6.07) is 9.45. The lowest BCUT2D eigenvalue weighted by molar-refractivity contribution is -0.149. The molecule has 0 saturated carbocycles. The number of pyridine rings is 1. The number of likely N-dealkylation sites (tertiary alicyclic amines) is 1. The second-order valence-electron chi connectivity index (χ2n) is 20.3. The van der Waals surface area contributed by atoms with Crippen LogP contribution in [-0.4, -0.2) is 141 Å². The Morgan fingerprint density at radius 3 is 2.17 bits per heavy atom. The van der Waals surface area contributed by atoms with E-state index in [0.717, 1.165) is 23.0 Å². The minimum atomic E-state index is -0.840. The summed E-state index contributed by atoms with van der Waals surface area (Å²) >= 11 is 0. The van der Waals surface area contributed by atoms with Crippen LogP contribution < -0.4 is 0 Å². The molecule has 4 rings (SSSR count). The number of hydrogen-bond donors (Lipinski definition) is 2. The van der Waals surface area contributed by atoms with Crippen molar-refractivity contribution in [1.82, 2.24) is 29.7 Å². The first kappa shape index (κ1) is 57.5. The fourth-order valence-corrected chi connectivity index (χ4v) is 11.7. The molecule has 1 fully saturated rings. The first-order chi connectivity index (χ1) is 32.6.